The first kappa shape index (κ1) is 19.7. The number of benzene rings is 1. The third-order valence-electron chi connectivity index (χ3n) is 6.43. The lowest BCUT2D eigenvalue weighted by molar-refractivity contribution is 0.0899. The Kier molecular flexibility index (Phi) is 4.71. The molecular formula is C23H23Cl2N3O2. The van der Waals surface area contributed by atoms with Crippen molar-refractivity contribution < 1.29 is 9.47 Å². The summed E-state index contributed by atoms with van der Waals surface area (Å²) in [5.41, 5.74) is 2.75. The molecule has 0 atom stereocenters. The van der Waals surface area contributed by atoms with Crippen LogP contribution in [0.25, 0.3) is 22.0 Å². The van der Waals surface area contributed by atoms with Gasteiger partial charge in [0.2, 0.25) is 0 Å². The smallest absolute Gasteiger partial charge is 0.141 e. The van der Waals surface area contributed by atoms with Crippen LogP contribution in [0, 0.1) is 12.3 Å². The van der Waals surface area contributed by atoms with Crippen molar-refractivity contribution in [3.63, 3.8) is 0 Å². The van der Waals surface area contributed by atoms with Crippen molar-refractivity contribution in [2.75, 3.05) is 32.2 Å². The van der Waals surface area contributed by atoms with E-state index in [0.29, 0.717) is 38.2 Å². The minimum absolute atomic E-state index is 0.417. The first-order valence-corrected chi connectivity index (χ1v) is 10.8. The van der Waals surface area contributed by atoms with Crippen molar-refractivity contribution in [1.82, 2.24) is 9.97 Å². The quantitative estimate of drug-likeness (QED) is 0.500. The molecule has 1 aromatic carbocycles. The number of aromatic nitrogens is 2. The molecule has 3 aromatic rings. The Morgan fingerprint density at radius 2 is 1.67 bits per heavy atom. The first-order valence-electron chi connectivity index (χ1n) is 10.1. The van der Waals surface area contributed by atoms with Crippen molar-refractivity contribution in [2.24, 2.45) is 5.41 Å². The predicted octanol–water partition coefficient (Wildman–Crippen LogP) is 5.92. The van der Waals surface area contributed by atoms with Crippen molar-refractivity contribution in [3.8, 4) is 22.8 Å². The molecular weight excluding hydrogens is 421 g/mol. The molecule has 3 heterocycles. The molecule has 2 aromatic heterocycles. The molecule has 30 heavy (non-hydrogen) atoms. The Bertz CT molecular complexity index is 1120. The molecule has 1 aliphatic carbocycles. The predicted molar refractivity (Wildman–Crippen MR) is 121 cm³/mol. The maximum Gasteiger partial charge on any atom is 0.141 e. The second-order valence-electron chi connectivity index (χ2n) is 8.37. The van der Waals surface area contributed by atoms with Crippen molar-refractivity contribution in [2.45, 2.75) is 26.2 Å². The number of aryl methyl sites for hydroxylation is 1. The van der Waals surface area contributed by atoms with Gasteiger partial charge in [0.15, 0.2) is 0 Å². The average Bonchev–Trinajstić information content (AvgIpc) is 2.66. The van der Waals surface area contributed by atoms with Crippen LogP contribution in [0.1, 0.15) is 25.0 Å². The van der Waals surface area contributed by atoms with E-state index < -0.39 is 0 Å². The lowest BCUT2D eigenvalue weighted by atomic mass is 9.63. The highest BCUT2D eigenvalue weighted by atomic mass is 35.5. The summed E-state index contributed by atoms with van der Waals surface area (Å²) < 4.78 is 10.9. The van der Waals surface area contributed by atoms with E-state index in [0.717, 1.165) is 35.4 Å². The van der Waals surface area contributed by atoms with Gasteiger partial charge >= 0.3 is 0 Å². The highest BCUT2D eigenvalue weighted by Gasteiger charge is 2.48. The molecule has 1 aliphatic heterocycles. The van der Waals surface area contributed by atoms with E-state index in [9.17, 15) is 0 Å². The van der Waals surface area contributed by atoms with Gasteiger partial charge in [-0.05, 0) is 31.9 Å². The van der Waals surface area contributed by atoms with Crippen LogP contribution in [-0.4, -0.2) is 37.3 Å². The van der Waals surface area contributed by atoms with Gasteiger partial charge in [-0.15, -0.1) is 0 Å². The summed E-state index contributed by atoms with van der Waals surface area (Å²) >= 11 is 13.4. The molecule has 2 fully saturated rings. The monoisotopic (exact) mass is 443 g/mol. The van der Waals surface area contributed by atoms with Crippen molar-refractivity contribution in [1.29, 1.82) is 0 Å². The normalized spacial score (nSPS) is 17.0. The van der Waals surface area contributed by atoms with E-state index in [1.807, 2.05) is 19.2 Å². The minimum Gasteiger partial charge on any atom is -0.495 e. The maximum atomic E-state index is 6.68. The first-order chi connectivity index (χ1) is 14.4. The second-order valence-corrected chi connectivity index (χ2v) is 9.13. The lowest BCUT2D eigenvalue weighted by Gasteiger charge is -2.56. The van der Waals surface area contributed by atoms with Gasteiger partial charge in [0.25, 0.3) is 0 Å². The number of hydrogen-bond acceptors (Lipinski definition) is 5. The molecule has 0 unspecified atom stereocenters. The third kappa shape index (κ3) is 2.98. The molecule has 0 amide bonds. The van der Waals surface area contributed by atoms with Gasteiger partial charge in [-0.2, -0.15) is 0 Å². The number of hydrogen-bond donors (Lipinski definition) is 0. The molecule has 1 spiro atoms. The third-order valence-corrected chi connectivity index (χ3v) is 7.18. The van der Waals surface area contributed by atoms with Gasteiger partial charge in [-0.25, -0.2) is 4.98 Å². The molecule has 0 N–H and O–H groups in total. The molecule has 5 nitrogen and oxygen atoms in total. The van der Waals surface area contributed by atoms with E-state index in [1.165, 1.54) is 19.3 Å². The molecule has 2 aliphatic rings. The zero-order chi connectivity index (χ0) is 21.0. The lowest BCUT2D eigenvalue weighted by Crippen LogP contribution is -2.60. The zero-order valence-corrected chi connectivity index (χ0v) is 18.8. The van der Waals surface area contributed by atoms with Crippen LogP contribution >= 0.6 is 23.2 Å². The fourth-order valence-electron chi connectivity index (χ4n) is 4.62. The van der Waals surface area contributed by atoms with E-state index in [1.54, 1.807) is 20.3 Å². The van der Waals surface area contributed by atoms with Gasteiger partial charge in [0, 0.05) is 52.8 Å². The number of halogens is 2. The van der Waals surface area contributed by atoms with E-state index >= 15 is 0 Å². The summed E-state index contributed by atoms with van der Waals surface area (Å²) in [6.07, 6.45) is 5.84. The molecule has 0 radical (unpaired) electrons. The molecule has 1 saturated heterocycles. The van der Waals surface area contributed by atoms with E-state index in [-0.39, 0.29) is 0 Å². The van der Waals surface area contributed by atoms with E-state index in [4.69, 9.17) is 37.7 Å². The Balaban J connectivity index is 1.70. The van der Waals surface area contributed by atoms with Crippen LogP contribution in [-0.2, 0) is 0 Å². The number of fused-ring (bicyclic) bond motifs is 1. The fourth-order valence-corrected chi connectivity index (χ4v) is 5.31. The van der Waals surface area contributed by atoms with Crippen LogP contribution in [0.5, 0.6) is 11.5 Å². The van der Waals surface area contributed by atoms with Gasteiger partial charge < -0.3 is 14.4 Å². The topological polar surface area (TPSA) is 47.5 Å². The maximum absolute atomic E-state index is 6.68. The number of ether oxygens (including phenoxy) is 2. The molecule has 0 bridgehead atoms. The number of rotatable bonds is 4. The molecule has 5 rings (SSSR count). The second kappa shape index (κ2) is 7.17. The number of nitrogens with zero attached hydrogens (tertiary/aromatic N) is 3. The van der Waals surface area contributed by atoms with Crippen molar-refractivity contribution in [3.05, 3.63) is 40.1 Å². The van der Waals surface area contributed by atoms with Crippen LogP contribution in [0.4, 0.5) is 5.82 Å². The summed E-state index contributed by atoms with van der Waals surface area (Å²) in [4.78, 5) is 11.9. The molecule has 1 saturated carbocycles. The average molecular weight is 444 g/mol. The zero-order valence-electron chi connectivity index (χ0n) is 17.3. The Morgan fingerprint density at radius 3 is 2.23 bits per heavy atom. The van der Waals surface area contributed by atoms with Crippen molar-refractivity contribution >= 4 is 39.8 Å². The largest absolute Gasteiger partial charge is 0.495 e. The summed E-state index contributed by atoms with van der Waals surface area (Å²) in [5, 5.41) is 2.94. The Labute approximate surface area is 185 Å². The van der Waals surface area contributed by atoms with Gasteiger partial charge in [0.05, 0.1) is 30.0 Å². The highest BCUT2D eigenvalue weighted by Crippen LogP contribution is 2.51. The van der Waals surface area contributed by atoms with Crippen LogP contribution in [0.2, 0.25) is 10.0 Å². The van der Waals surface area contributed by atoms with Gasteiger partial charge in [0.1, 0.15) is 17.3 Å². The fraction of sp³-hybridized carbons (Fsp3) is 0.391. The van der Waals surface area contributed by atoms with Gasteiger partial charge in [-0.1, -0.05) is 29.6 Å². The summed E-state index contributed by atoms with van der Waals surface area (Å²) in [6, 6.07) is 5.77. The summed E-state index contributed by atoms with van der Waals surface area (Å²) in [7, 11) is 3.14. The Hall–Kier alpha value is -2.24. The number of pyridine rings is 2. The van der Waals surface area contributed by atoms with Gasteiger partial charge in [-0.3, -0.25) is 4.98 Å². The van der Waals surface area contributed by atoms with Crippen LogP contribution < -0.4 is 14.4 Å². The Morgan fingerprint density at radius 1 is 1.00 bits per heavy atom. The highest BCUT2D eigenvalue weighted by molar-refractivity contribution is 6.41. The molecule has 156 valence electrons. The minimum atomic E-state index is 0.417. The molecule has 7 heteroatoms. The van der Waals surface area contributed by atoms with Crippen LogP contribution in [0.15, 0.2) is 24.4 Å². The van der Waals surface area contributed by atoms with E-state index in [2.05, 4.69) is 16.0 Å². The summed E-state index contributed by atoms with van der Waals surface area (Å²) in [5.74, 6) is 1.95. The van der Waals surface area contributed by atoms with Crippen LogP contribution in [0.3, 0.4) is 0 Å². The summed E-state index contributed by atoms with van der Waals surface area (Å²) in [6.45, 7) is 4.09. The standard InChI is InChI=1S/C23H23Cl2N3O2/c1-13-7-15-14(10-26-13)8-16(27-22(15)28-11-23(12-28)5-4-6-23)19-20(24)17(29-2)9-18(30-3)21(19)25/h7-10H,4-6,11-12H2,1-3H3. The number of anilines is 1. The SMILES string of the molecule is COc1cc(OC)c(Cl)c(-c2cc3cnc(C)cc3c(N3CC4(CCC4)C3)n2)c1Cl. The number of methoxy groups -OCH3 is 2.